The molecule has 0 unspecified atom stereocenters. The summed E-state index contributed by atoms with van der Waals surface area (Å²) < 4.78 is 18.5. The zero-order chi connectivity index (χ0) is 16.5. The molecule has 2 N–H and O–H groups in total. The first-order valence-electron chi connectivity index (χ1n) is 7.34. The summed E-state index contributed by atoms with van der Waals surface area (Å²) in [5, 5.41) is 8.87. The maximum atomic E-state index is 13.3. The van der Waals surface area contributed by atoms with E-state index in [1.54, 1.807) is 18.0 Å². The molecule has 0 radical (unpaired) electrons. The van der Waals surface area contributed by atoms with E-state index in [-0.39, 0.29) is 18.5 Å². The molecule has 122 valence electrons. The number of hydrogen-bond donors (Lipinski definition) is 1. The fourth-order valence-electron chi connectivity index (χ4n) is 2.17. The van der Waals surface area contributed by atoms with Gasteiger partial charge in [0.15, 0.2) is 18.5 Å². The summed E-state index contributed by atoms with van der Waals surface area (Å²) in [6.07, 6.45) is 2.77. The lowest BCUT2D eigenvalue weighted by atomic mass is 10.1. The Hall–Kier alpha value is -2.07. The predicted octanol–water partition coefficient (Wildman–Crippen LogP) is 1.58. The first kappa shape index (κ1) is 18.0. The maximum absolute atomic E-state index is 13.3. The minimum atomic E-state index is -0.770. The number of nitrogens with two attached hydrogens (primary N) is 1. The van der Waals surface area contributed by atoms with E-state index < -0.39 is 5.83 Å². The third-order valence-electron chi connectivity index (χ3n) is 3.36. The van der Waals surface area contributed by atoms with Crippen molar-refractivity contribution in [3.63, 3.8) is 0 Å². The molecule has 1 rings (SSSR count). The quantitative estimate of drug-likeness (QED) is 0.208. The Balaban J connectivity index is 2.70. The first-order chi connectivity index (χ1) is 10.5. The number of aliphatic imine (C=N–C) groups is 1. The number of guanidine groups is 1. The molecule has 0 aromatic carbocycles. The van der Waals surface area contributed by atoms with Gasteiger partial charge in [0.1, 0.15) is 6.07 Å². The van der Waals surface area contributed by atoms with Crippen molar-refractivity contribution in [1.82, 2.24) is 9.80 Å². The van der Waals surface area contributed by atoms with E-state index >= 15 is 0 Å². The number of likely N-dealkylation sites (tertiary alicyclic amines) is 1. The monoisotopic (exact) mass is 309 g/mol. The summed E-state index contributed by atoms with van der Waals surface area (Å²) in [6.45, 7) is 7.54. The molecule has 7 heteroatoms. The highest BCUT2D eigenvalue weighted by molar-refractivity contribution is 5.80. The average Bonchev–Trinajstić information content (AvgIpc) is 2.53. The van der Waals surface area contributed by atoms with Crippen LogP contribution in [-0.4, -0.2) is 55.2 Å². The van der Waals surface area contributed by atoms with Crippen molar-refractivity contribution in [1.29, 1.82) is 5.26 Å². The molecule has 0 aromatic rings. The molecule has 0 amide bonds. The van der Waals surface area contributed by atoms with Gasteiger partial charge in [-0.1, -0.05) is 6.58 Å². The molecule has 0 spiro atoms. The van der Waals surface area contributed by atoms with Crippen molar-refractivity contribution in [2.24, 2.45) is 10.7 Å². The van der Waals surface area contributed by atoms with Gasteiger partial charge in [0.25, 0.3) is 0 Å². The molecule has 1 fully saturated rings. The molecule has 6 nitrogen and oxygen atoms in total. The SMILES string of the molecule is C=C/C(F)=C(/C#N)OCN(C)/C(=N\CC)N1CCC(N)CC1. The number of nitrogens with zero attached hydrogens (tertiary/aromatic N) is 4. The Kier molecular flexibility index (Phi) is 7.40. The summed E-state index contributed by atoms with van der Waals surface area (Å²) in [5.74, 6) is -0.377. The Morgan fingerprint density at radius 2 is 2.23 bits per heavy atom. The van der Waals surface area contributed by atoms with Crippen molar-refractivity contribution in [2.45, 2.75) is 25.8 Å². The Bertz CT molecular complexity index is 475. The van der Waals surface area contributed by atoms with E-state index in [0.717, 1.165) is 38.0 Å². The van der Waals surface area contributed by atoms with Gasteiger partial charge in [0.2, 0.25) is 5.76 Å². The average molecular weight is 309 g/mol. The number of rotatable bonds is 5. The van der Waals surface area contributed by atoms with Crippen LogP contribution in [0.25, 0.3) is 0 Å². The largest absolute Gasteiger partial charge is 0.460 e. The molecule has 1 saturated heterocycles. The molecule has 0 atom stereocenters. The van der Waals surface area contributed by atoms with Crippen molar-refractivity contribution in [2.75, 3.05) is 33.4 Å². The molecule has 0 bridgehead atoms. The topological polar surface area (TPSA) is 77.9 Å². The summed E-state index contributed by atoms with van der Waals surface area (Å²) in [6, 6.07) is 1.91. The van der Waals surface area contributed by atoms with Crippen molar-refractivity contribution in [3.8, 4) is 6.07 Å². The Morgan fingerprint density at radius 1 is 1.59 bits per heavy atom. The van der Waals surface area contributed by atoms with Crippen LogP contribution in [0.2, 0.25) is 0 Å². The number of ether oxygens (including phenoxy) is 1. The van der Waals surface area contributed by atoms with E-state index in [2.05, 4.69) is 16.5 Å². The lowest BCUT2D eigenvalue weighted by Crippen LogP contribution is -2.49. The van der Waals surface area contributed by atoms with Crippen LogP contribution in [0.4, 0.5) is 4.39 Å². The molecule has 1 aliphatic heterocycles. The highest BCUT2D eigenvalue weighted by atomic mass is 19.1. The fraction of sp³-hybridized carbons (Fsp3) is 0.600. The highest BCUT2D eigenvalue weighted by Gasteiger charge is 2.22. The van der Waals surface area contributed by atoms with Crippen molar-refractivity contribution in [3.05, 3.63) is 24.2 Å². The van der Waals surface area contributed by atoms with Gasteiger partial charge >= 0.3 is 0 Å². The number of piperidine rings is 1. The lowest BCUT2D eigenvalue weighted by molar-refractivity contribution is 0.127. The van der Waals surface area contributed by atoms with Crippen LogP contribution >= 0.6 is 0 Å². The van der Waals surface area contributed by atoms with Crippen LogP contribution in [0.3, 0.4) is 0 Å². The van der Waals surface area contributed by atoms with E-state index in [1.807, 2.05) is 6.92 Å². The van der Waals surface area contributed by atoms with Gasteiger partial charge in [-0.05, 0) is 25.8 Å². The van der Waals surface area contributed by atoms with Crippen LogP contribution in [0.5, 0.6) is 0 Å². The van der Waals surface area contributed by atoms with Crippen LogP contribution in [0, 0.1) is 11.3 Å². The molecule has 1 aliphatic rings. The zero-order valence-corrected chi connectivity index (χ0v) is 13.3. The van der Waals surface area contributed by atoms with Crippen LogP contribution < -0.4 is 5.73 Å². The Morgan fingerprint density at radius 3 is 2.73 bits per heavy atom. The van der Waals surface area contributed by atoms with Crippen molar-refractivity contribution < 1.29 is 9.13 Å². The normalized spacial score (nSPS) is 17.6. The second-order valence-electron chi connectivity index (χ2n) is 5.06. The van der Waals surface area contributed by atoms with Gasteiger partial charge in [-0.25, -0.2) is 4.39 Å². The summed E-state index contributed by atoms with van der Waals surface area (Å²) in [7, 11) is 1.80. The molecule has 0 aromatic heterocycles. The Labute approximate surface area is 131 Å². The van der Waals surface area contributed by atoms with Gasteiger partial charge in [-0.2, -0.15) is 5.26 Å². The molecule has 0 aliphatic carbocycles. The van der Waals surface area contributed by atoms with Crippen LogP contribution in [-0.2, 0) is 4.74 Å². The maximum Gasteiger partial charge on any atom is 0.235 e. The highest BCUT2D eigenvalue weighted by Crippen LogP contribution is 2.12. The van der Waals surface area contributed by atoms with Gasteiger partial charge in [0, 0.05) is 32.7 Å². The number of allylic oxidation sites excluding steroid dienone is 3. The molecule has 22 heavy (non-hydrogen) atoms. The minimum absolute atomic E-state index is 0.0333. The molecular formula is C15H24FN5O. The fourth-order valence-corrected chi connectivity index (χ4v) is 2.17. The zero-order valence-electron chi connectivity index (χ0n) is 13.3. The van der Waals surface area contributed by atoms with E-state index in [0.29, 0.717) is 6.54 Å². The number of nitriles is 1. The van der Waals surface area contributed by atoms with E-state index in [4.69, 9.17) is 15.7 Å². The number of halogens is 1. The molecule has 1 heterocycles. The van der Waals surface area contributed by atoms with Gasteiger partial charge in [-0.15, -0.1) is 0 Å². The summed E-state index contributed by atoms with van der Waals surface area (Å²) in [5.41, 5.74) is 5.91. The third kappa shape index (κ3) is 5.04. The summed E-state index contributed by atoms with van der Waals surface area (Å²) in [4.78, 5) is 8.37. The van der Waals surface area contributed by atoms with Gasteiger partial charge in [0.05, 0.1) is 0 Å². The van der Waals surface area contributed by atoms with Crippen LogP contribution in [0.15, 0.2) is 29.2 Å². The molecule has 0 saturated carbocycles. The first-order valence-corrected chi connectivity index (χ1v) is 7.34. The minimum Gasteiger partial charge on any atom is -0.460 e. The van der Waals surface area contributed by atoms with Gasteiger partial charge in [-0.3, -0.25) is 4.99 Å². The molecular weight excluding hydrogens is 285 g/mol. The standard InChI is InChI=1S/C15H24FN5O/c1-4-13(16)14(10-17)22-11-20(3)15(19-5-2)21-8-6-12(18)7-9-21/h4,12H,1,5-9,11,18H2,2-3H3/b14-13+,19-15+. The van der Waals surface area contributed by atoms with E-state index in [1.165, 1.54) is 0 Å². The smallest absolute Gasteiger partial charge is 0.235 e. The lowest BCUT2D eigenvalue weighted by Gasteiger charge is -2.36. The second kappa shape index (κ2) is 9.05. The van der Waals surface area contributed by atoms with Crippen LogP contribution in [0.1, 0.15) is 19.8 Å². The predicted molar refractivity (Wildman–Crippen MR) is 84.4 cm³/mol. The van der Waals surface area contributed by atoms with E-state index in [9.17, 15) is 4.39 Å². The second-order valence-corrected chi connectivity index (χ2v) is 5.06. The summed E-state index contributed by atoms with van der Waals surface area (Å²) >= 11 is 0. The third-order valence-corrected chi connectivity index (χ3v) is 3.36. The van der Waals surface area contributed by atoms with Crippen molar-refractivity contribution >= 4 is 5.96 Å². The van der Waals surface area contributed by atoms with Gasteiger partial charge < -0.3 is 20.3 Å². The number of hydrogen-bond acceptors (Lipinski definition) is 4.